The Morgan fingerprint density at radius 2 is 1.65 bits per heavy atom. The fourth-order valence-electron chi connectivity index (χ4n) is 7.47. The summed E-state index contributed by atoms with van der Waals surface area (Å²) in [5.74, 6) is -0.727. The Hall–Kier alpha value is -4.34. The van der Waals surface area contributed by atoms with Crippen molar-refractivity contribution in [1.82, 2.24) is 19.3 Å². The summed E-state index contributed by atoms with van der Waals surface area (Å²) in [5.41, 5.74) is 6.49. The van der Waals surface area contributed by atoms with Crippen LogP contribution in [-0.4, -0.2) is 62.6 Å². The number of thiazole rings is 1. The molecule has 1 aliphatic carbocycles. The Morgan fingerprint density at radius 1 is 0.898 bits per heavy atom. The van der Waals surface area contributed by atoms with Gasteiger partial charge >= 0.3 is 5.97 Å². The molecule has 0 bridgehead atoms. The third-order valence-electron chi connectivity index (χ3n) is 10.1. The van der Waals surface area contributed by atoms with Gasteiger partial charge in [-0.05, 0) is 80.0 Å². The smallest absolute Gasteiger partial charge is 0.335 e. The molecule has 4 aromatic heterocycles. The Balaban J connectivity index is 0.000000898. The number of amides is 1. The maximum Gasteiger partial charge on any atom is 0.335 e. The highest BCUT2D eigenvalue weighted by molar-refractivity contribution is 7.15. The van der Waals surface area contributed by atoms with Crippen molar-refractivity contribution in [2.24, 2.45) is 0 Å². The zero-order chi connectivity index (χ0) is 34.2. The van der Waals surface area contributed by atoms with Crippen LogP contribution < -0.4 is 0 Å². The van der Waals surface area contributed by atoms with E-state index in [-0.39, 0.29) is 11.5 Å². The number of aryl methyl sites for hydroxylation is 2. The zero-order valence-electron chi connectivity index (χ0n) is 28.8. The summed E-state index contributed by atoms with van der Waals surface area (Å²) in [7, 11) is 0. The lowest BCUT2D eigenvalue weighted by Crippen LogP contribution is -2.41. The minimum Gasteiger partial charge on any atom is -0.478 e. The number of aromatic carboxylic acids is 1. The van der Waals surface area contributed by atoms with Crippen molar-refractivity contribution >= 4 is 61.3 Å². The van der Waals surface area contributed by atoms with Gasteiger partial charge in [0.2, 0.25) is 0 Å². The molecule has 1 amide bonds. The van der Waals surface area contributed by atoms with Gasteiger partial charge in [0, 0.05) is 29.2 Å². The highest BCUT2D eigenvalue weighted by Crippen LogP contribution is 2.44. The van der Waals surface area contributed by atoms with E-state index in [2.05, 4.69) is 47.5 Å². The molecule has 8 nitrogen and oxygen atoms in total. The number of fused-ring (bicyclic) bond motifs is 6. The SMILES string of the molecule is CCCC.Cc1nc(C)c(-c2ccc3cc4c(cc(C(=O)N5CCOCC5)n5c6cc(C(=O)O)ccc6c(C6CCCCC6)c45)cc3n2)s1. The molecule has 9 heteroatoms. The molecule has 0 radical (unpaired) electrons. The summed E-state index contributed by atoms with van der Waals surface area (Å²) in [6, 6.07) is 15.9. The first-order valence-electron chi connectivity index (χ1n) is 17.7. The second-order valence-corrected chi connectivity index (χ2v) is 14.6. The molecular formula is C40H44N4O4S. The number of carbonyl (C=O) groups excluding carboxylic acids is 1. The number of morpholine rings is 1. The fourth-order valence-corrected chi connectivity index (χ4v) is 8.36. The molecule has 254 valence electrons. The average Bonchev–Trinajstić information content (AvgIpc) is 3.66. The predicted octanol–water partition coefficient (Wildman–Crippen LogP) is 9.56. The van der Waals surface area contributed by atoms with E-state index in [0.717, 1.165) is 85.1 Å². The quantitative estimate of drug-likeness (QED) is 0.183. The number of carboxylic acids is 1. The lowest BCUT2D eigenvalue weighted by Gasteiger charge is -2.27. The summed E-state index contributed by atoms with van der Waals surface area (Å²) in [6.07, 6.45) is 8.33. The lowest BCUT2D eigenvalue weighted by atomic mass is 9.82. The Labute approximate surface area is 290 Å². The van der Waals surface area contributed by atoms with Crippen LogP contribution in [0.4, 0.5) is 0 Å². The average molecular weight is 677 g/mol. The third kappa shape index (κ3) is 6.19. The molecule has 5 heterocycles. The minimum atomic E-state index is -0.979. The molecule has 2 aliphatic rings. The number of aromatic nitrogens is 3. The number of carboxylic acid groups (broad SMARTS) is 1. The summed E-state index contributed by atoms with van der Waals surface area (Å²) >= 11 is 1.65. The van der Waals surface area contributed by atoms with E-state index < -0.39 is 5.97 Å². The molecule has 1 N–H and O–H groups in total. The number of pyridine rings is 2. The molecule has 2 aromatic carbocycles. The molecule has 6 aromatic rings. The van der Waals surface area contributed by atoms with E-state index in [1.54, 1.807) is 23.5 Å². The summed E-state index contributed by atoms with van der Waals surface area (Å²) in [5, 5.41) is 15.0. The van der Waals surface area contributed by atoms with Crippen LogP contribution in [0, 0.1) is 13.8 Å². The number of hydrogen-bond donors (Lipinski definition) is 1. The van der Waals surface area contributed by atoms with Crippen LogP contribution in [-0.2, 0) is 4.74 Å². The maximum absolute atomic E-state index is 14.4. The van der Waals surface area contributed by atoms with E-state index in [4.69, 9.17) is 9.72 Å². The van der Waals surface area contributed by atoms with Gasteiger partial charge in [-0.1, -0.05) is 58.1 Å². The normalized spacial score (nSPS) is 15.6. The topological polar surface area (TPSA) is 97.0 Å². The van der Waals surface area contributed by atoms with Crippen molar-refractivity contribution in [2.75, 3.05) is 26.3 Å². The van der Waals surface area contributed by atoms with Gasteiger partial charge in [0.15, 0.2) is 0 Å². The molecule has 0 atom stereocenters. The number of unbranched alkanes of at least 4 members (excludes halogenated alkanes) is 1. The third-order valence-corrected chi connectivity index (χ3v) is 11.2. The second-order valence-electron chi connectivity index (χ2n) is 13.4. The van der Waals surface area contributed by atoms with Gasteiger partial charge in [0.05, 0.1) is 56.6 Å². The number of ether oxygens (including phenoxy) is 1. The van der Waals surface area contributed by atoms with Crippen molar-refractivity contribution in [3.63, 3.8) is 0 Å². The van der Waals surface area contributed by atoms with Gasteiger partial charge in [-0.25, -0.2) is 14.8 Å². The molecule has 1 saturated heterocycles. The molecule has 8 rings (SSSR count). The Morgan fingerprint density at radius 3 is 2.33 bits per heavy atom. The standard InChI is InChI=1S/C36H34N4O4S.C4H10/c1-20-34(45-21(2)37-20)28-11-9-23-16-27-25(17-29(23)38-28)19-31(35(41)39-12-14-44-15-13-39)40-30-18-24(36(42)43)8-10-26(30)32(33(27)40)22-6-4-3-5-7-22;1-3-4-2/h8-11,16-19,22H,3-7,12-15H2,1-2H3,(H,42,43);3-4H2,1-2H3. The highest BCUT2D eigenvalue weighted by atomic mass is 32.1. The van der Waals surface area contributed by atoms with Gasteiger partial charge in [-0.2, -0.15) is 0 Å². The van der Waals surface area contributed by atoms with Gasteiger partial charge in [0.1, 0.15) is 5.69 Å². The Kier molecular flexibility index (Phi) is 9.40. The minimum absolute atomic E-state index is 0.0735. The van der Waals surface area contributed by atoms with Gasteiger partial charge in [-0.15, -0.1) is 11.3 Å². The highest BCUT2D eigenvalue weighted by Gasteiger charge is 2.29. The van der Waals surface area contributed by atoms with Crippen LogP contribution in [0.5, 0.6) is 0 Å². The van der Waals surface area contributed by atoms with E-state index in [1.807, 2.05) is 30.9 Å². The fraction of sp³-hybridized carbons (Fsp3) is 0.400. The van der Waals surface area contributed by atoms with Crippen LogP contribution in [0.25, 0.3) is 48.7 Å². The van der Waals surface area contributed by atoms with E-state index in [0.29, 0.717) is 37.9 Å². The molecule has 1 aliphatic heterocycles. The second kappa shape index (κ2) is 13.9. The summed E-state index contributed by atoms with van der Waals surface area (Å²) in [4.78, 5) is 39.1. The number of nitrogens with zero attached hydrogens (tertiary/aromatic N) is 4. The molecule has 2 fully saturated rings. The van der Waals surface area contributed by atoms with Crippen molar-refractivity contribution in [2.45, 2.75) is 78.6 Å². The number of rotatable bonds is 5. The van der Waals surface area contributed by atoms with E-state index >= 15 is 0 Å². The van der Waals surface area contributed by atoms with Crippen LogP contribution in [0.3, 0.4) is 0 Å². The molecule has 49 heavy (non-hydrogen) atoms. The molecule has 0 spiro atoms. The van der Waals surface area contributed by atoms with Crippen LogP contribution >= 0.6 is 11.3 Å². The first-order valence-corrected chi connectivity index (χ1v) is 18.5. The number of benzene rings is 2. The van der Waals surface area contributed by atoms with Gasteiger partial charge < -0.3 is 19.1 Å². The zero-order valence-corrected chi connectivity index (χ0v) is 29.7. The molecule has 0 unspecified atom stereocenters. The van der Waals surface area contributed by atoms with Crippen LogP contribution in [0.1, 0.15) is 102 Å². The first-order chi connectivity index (χ1) is 23.8. The summed E-state index contributed by atoms with van der Waals surface area (Å²) < 4.78 is 7.63. The predicted molar refractivity (Wildman–Crippen MR) is 198 cm³/mol. The largest absolute Gasteiger partial charge is 0.478 e. The number of carbonyl (C=O) groups is 2. The first kappa shape index (κ1) is 33.2. The monoisotopic (exact) mass is 676 g/mol. The van der Waals surface area contributed by atoms with E-state index in [9.17, 15) is 14.7 Å². The molecular weight excluding hydrogens is 633 g/mol. The van der Waals surface area contributed by atoms with E-state index in [1.165, 1.54) is 24.8 Å². The number of hydrogen-bond acceptors (Lipinski definition) is 6. The van der Waals surface area contributed by atoms with Gasteiger partial charge in [-0.3, -0.25) is 4.79 Å². The lowest BCUT2D eigenvalue weighted by molar-refractivity contribution is 0.0298. The summed E-state index contributed by atoms with van der Waals surface area (Å²) in [6.45, 7) is 10.4. The van der Waals surface area contributed by atoms with Gasteiger partial charge in [0.25, 0.3) is 5.91 Å². The molecule has 1 saturated carbocycles. The van der Waals surface area contributed by atoms with Crippen molar-refractivity contribution < 1.29 is 19.4 Å². The Bertz CT molecular complexity index is 2200. The van der Waals surface area contributed by atoms with Crippen molar-refractivity contribution in [3.05, 3.63) is 76.1 Å². The van der Waals surface area contributed by atoms with Crippen LogP contribution in [0.15, 0.2) is 48.5 Å². The maximum atomic E-state index is 14.4. The van der Waals surface area contributed by atoms with Crippen molar-refractivity contribution in [1.29, 1.82) is 0 Å². The van der Waals surface area contributed by atoms with Crippen molar-refractivity contribution in [3.8, 4) is 10.6 Å². The van der Waals surface area contributed by atoms with Crippen LogP contribution in [0.2, 0.25) is 0 Å².